The molecule has 0 aliphatic heterocycles. The first-order chi connectivity index (χ1) is 7.66. The third kappa shape index (κ3) is 1.33. The Labute approximate surface area is 100 Å². The molecule has 0 unspecified atom stereocenters. The molecule has 1 aliphatic carbocycles. The van der Waals surface area contributed by atoms with Crippen molar-refractivity contribution in [1.29, 1.82) is 0 Å². The van der Waals surface area contributed by atoms with Crippen molar-refractivity contribution in [3.05, 3.63) is 17.0 Å². The molecule has 16 heavy (non-hydrogen) atoms. The highest BCUT2D eigenvalue weighted by molar-refractivity contribution is 9.10. The van der Waals surface area contributed by atoms with Crippen LogP contribution in [0.4, 0.5) is 5.82 Å². The summed E-state index contributed by atoms with van der Waals surface area (Å²) in [5.74, 6) is 0.482. The molecular weight excluding hydrogens is 272 g/mol. The Kier molecular flexibility index (Phi) is 2.15. The van der Waals surface area contributed by atoms with Gasteiger partial charge >= 0.3 is 0 Å². The van der Waals surface area contributed by atoms with Gasteiger partial charge in [0, 0.05) is 16.7 Å². The average molecular weight is 283 g/mol. The van der Waals surface area contributed by atoms with Crippen LogP contribution < -0.4 is 5.73 Å². The van der Waals surface area contributed by atoms with Crippen LogP contribution in [0.5, 0.6) is 0 Å². The van der Waals surface area contributed by atoms with Gasteiger partial charge in [-0.3, -0.25) is 0 Å². The normalized spacial score (nSPS) is 24.6. The number of aromatic nitrogens is 3. The lowest BCUT2D eigenvalue weighted by Crippen LogP contribution is -2.30. The minimum absolute atomic E-state index is 0.180. The number of hydrogen-bond acceptors (Lipinski definition) is 4. The van der Waals surface area contributed by atoms with E-state index >= 15 is 0 Å². The van der Waals surface area contributed by atoms with Crippen molar-refractivity contribution in [2.24, 2.45) is 0 Å². The molecule has 0 spiro atoms. The molecule has 6 heteroatoms. The molecule has 1 fully saturated rings. The van der Waals surface area contributed by atoms with Crippen LogP contribution in [0, 0.1) is 0 Å². The summed E-state index contributed by atoms with van der Waals surface area (Å²) in [5, 5.41) is 10.2. The van der Waals surface area contributed by atoms with Crippen LogP contribution in [0.2, 0.25) is 0 Å². The Hall–Kier alpha value is -1.14. The fourth-order valence-electron chi connectivity index (χ4n) is 2.13. The minimum Gasteiger partial charge on any atom is -0.393 e. The standard InChI is InChI=1S/C10H11BrN4O/c11-7-3-15(5-1-6(16)2-5)10-8(7)9(12)13-4-14-10/h3-6,16H,1-2H2,(H2,12,13,14)/t5-,6+. The predicted octanol–water partition coefficient (Wildman–Crippen LogP) is 1.47. The molecular formula is C10H11BrN4O. The lowest BCUT2D eigenvalue weighted by molar-refractivity contribution is 0.0501. The van der Waals surface area contributed by atoms with E-state index in [0.29, 0.717) is 11.9 Å². The van der Waals surface area contributed by atoms with Gasteiger partial charge in [0.05, 0.1) is 11.5 Å². The highest BCUT2D eigenvalue weighted by Crippen LogP contribution is 2.38. The Balaban J connectivity index is 2.16. The first kappa shape index (κ1) is 10.0. The maximum Gasteiger partial charge on any atom is 0.146 e. The smallest absolute Gasteiger partial charge is 0.146 e. The van der Waals surface area contributed by atoms with Crippen LogP contribution in [-0.2, 0) is 0 Å². The summed E-state index contributed by atoms with van der Waals surface area (Å²) >= 11 is 3.46. The maximum absolute atomic E-state index is 9.33. The monoisotopic (exact) mass is 282 g/mol. The Morgan fingerprint density at radius 1 is 1.44 bits per heavy atom. The number of rotatable bonds is 1. The van der Waals surface area contributed by atoms with Gasteiger partial charge in [0.25, 0.3) is 0 Å². The summed E-state index contributed by atoms with van der Waals surface area (Å²) in [6.45, 7) is 0. The van der Waals surface area contributed by atoms with Gasteiger partial charge in [0.2, 0.25) is 0 Å². The minimum atomic E-state index is -0.180. The third-order valence-corrected chi connectivity index (χ3v) is 3.68. The quantitative estimate of drug-likeness (QED) is 0.831. The maximum atomic E-state index is 9.33. The number of hydrogen-bond donors (Lipinski definition) is 2. The fourth-order valence-corrected chi connectivity index (χ4v) is 2.73. The third-order valence-electron chi connectivity index (χ3n) is 3.07. The summed E-state index contributed by atoms with van der Waals surface area (Å²) in [7, 11) is 0. The summed E-state index contributed by atoms with van der Waals surface area (Å²) in [6, 6.07) is 0.318. The molecule has 3 rings (SSSR count). The van der Waals surface area contributed by atoms with Crippen molar-refractivity contribution in [1.82, 2.24) is 14.5 Å². The van der Waals surface area contributed by atoms with Crippen LogP contribution in [0.15, 0.2) is 17.0 Å². The molecule has 0 atom stereocenters. The zero-order valence-corrected chi connectivity index (χ0v) is 10.1. The van der Waals surface area contributed by atoms with Crippen molar-refractivity contribution >= 4 is 32.8 Å². The van der Waals surface area contributed by atoms with E-state index in [9.17, 15) is 5.11 Å². The number of nitrogens with two attached hydrogens (primary N) is 1. The average Bonchev–Trinajstić information content (AvgIpc) is 2.53. The van der Waals surface area contributed by atoms with Crippen LogP contribution in [0.25, 0.3) is 11.0 Å². The zero-order chi connectivity index (χ0) is 11.3. The van der Waals surface area contributed by atoms with E-state index in [1.54, 1.807) is 0 Å². The molecule has 0 bridgehead atoms. The molecule has 3 N–H and O–H groups in total. The van der Waals surface area contributed by atoms with Gasteiger partial charge in [-0.2, -0.15) is 0 Å². The second-order valence-electron chi connectivity index (χ2n) is 4.12. The Morgan fingerprint density at radius 2 is 2.19 bits per heavy atom. The number of anilines is 1. The zero-order valence-electron chi connectivity index (χ0n) is 8.47. The number of nitrogen functional groups attached to an aromatic ring is 1. The molecule has 2 heterocycles. The van der Waals surface area contributed by atoms with Crippen LogP contribution in [-0.4, -0.2) is 25.7 Å². The second-order valence-corrected chi connectivity index (χ2v) is 4.98. The fraction of sp³-hybridized carbons (Fsp3) is 0.400. The van der Waals surface area contributed by atoms with E-state index < -0.39 is 0 Å². The highest BCUT2D eigenvalue weighted by Gasteiger charge is 2.30. The van der Waals surface area contributed by atoms with E-state index in [1.165, 1.54) is 6.33 Å². The summed E-state index contributed by atoms with van der Waals surface area (Å²) in [4.78, 5) is 8.22. The van der Waals surface area contributed by atoms with E-state index in [0.717, 1.165) is 28.3 Å². The van der Waals surface area contributed by atoms with Crippen LogP contribution >= 0.6 is 15.9 Å². The van der Waals surface area contributed by atoms with Gasteiger partial charge in [-0.25, -0.2) is 9.97 Å². The summed E-state index contributed by atoms with van der Waals surface area (Å²) in [6.07, 6.45) is 4.81. The van der Waals surface area contributed by atoms with Crippen molar-refractivity contribution in [3.8, 4) is 0 Å². The summed E-state index contributed by atoms with van der Waals surface area (Å²) in [5.41, 5.74) is 6.64. The van der Waals surface area contributed by atoms with Gasteiger partial charge in [-0.1, -0.05) is 0 Å². The molecule has 1 saturated carbocycles. The lowest BCUT2D eigenvalue weighted by Gasteiger charge is -2.32. The second kappa shape index (κ2) is 3.43. The SMILES string of the molecule is Nc1ncnc2c1c(Br)cn2[C@H]1C[C@@H](O)C1. The van der Waals surface area contributed by atoms with Crippen molar-refractivity contribution in [2.75, 3.05) is 5.73 Å². The van der Waals surface area contributed by atoms with E-state index in [1.807, 2.05) is 6.20 Å². The molecule has 5 nitrogen and oxygen atoms in total. The molecule has 0 amide bonds. The Bertz CT molecular complexity index is 547. The van der Waals surface area contributed by atoms with Gasteiger partial charge < -0.3 is 15.4 Å². The number of aliphatic hydroxyl groups is 1. The van der Waals surface area contributed by atoms with Crippen LogP contribution in [0.1, 0.15) is 18.9 Å². The lowest BCUT2D eigenvalue weighted by atomic mass is 9.89. The summed E-state index contributed by atoms with van der Waals surface area (Å²) < 4.78 is 2.96. The largest absolute Gasteiger partial charge is 0.393 e. The molecule has 0 saturated heterocycles. The van der Waals surface area contributed by atoms with E-state index in [2.05, 4.69) is 30.5 Å². The van der Waals surface area contributed by atoms with Crippen LogP contribution in [0.3, 0.4) is 0 Å². The topological polar surface area (TPSA) is 77.0 Å². The van der Waals surface area contributed by atoms with Gasteiger partial charge in [-0.15, -0.1) is 0 Å². The van der Waals surface area contributed by atoms with Gasteiger partial charge in [0.1, 0.15) is 17.8 Å². The number of halogens is 1. The number of nitrogens with zero attached hydrogens (tertiary/aromatic N) is 3. The van der Waals surface area contributed by atoms with Gasteiger partial charge in [0.15, 0.2) is 0 Å². The molecule has 0 radical (unpaired) electrons. The first-order valence-corrected chi connectivity index (χ1v) is 5.90. The van der Waals surface area contributed by atoms with Crippen molar-refractivity contribution in [3.63, 3.8) is 0 Å². The Morgan fingerprint density at radius 3 is 2.88 bits per heavy atom. The van der Waals surface area contributed by atoms with Gasteiger partial charge in [-0.05, 0) is 28.8 Å². The molecule has 2 aromatic rings. The van der Waals surface area contributed by atoms with Crippen molar-refractivity contribution in [2.45, 2.75) is 25.0 Å². The van der Waals surface area contributed by atoms with Crippen molar-refractivity contribution < 1.29 is 5.11 Å². The first-order valence-electron chi connectivity index (χ1n) is 5.11. The molecule has 1 aliphatic rings. The number of aliphatic hydroxyl groups excluding tert-OH is 1. The number of fused-ring (bicyclic) bond motifs is 1. The molecule has 0 aromatic carbocycles. The molecule has 2 aromatic heterocycles. The molecule has 84 valence electrons. The van der Waals surface area contributed by atoms with E-state index in [4.69, 9.17) is 5.73 Å². The highest BCUT2D eigenvalue weighted by atomic mass is 79.9. The predicted molar refractivity (Wildman–Crippen MR) is 63.9 cm³/mol. The van der Waals surface area contributed by atoms with E-state index in [-0.39, 0.29) is 6.10 Å².